The number of ether oxygens (including phenoxy) is 2. The SMILES string of the molecule is CCOc1cc(/C=C2/SC(=O)N(CC(=O)N3CCN(c4ccccc4)CC3)C2=O)cc(Cl)c1OCc1ccccc1Cl. The van der Waals surface area contributed by atoms with Gasteiger partial charge in [-0.05, 0) is 60.7 Å². The molecule has 0 spiro atoms. The fourth-order valence-electron chi connectivity index (χ4n) is 4.72. The number of benzene rings is 3. The Hall–Kier alpha value is -3.66. The van der Waals surface area contributed by atoms with Crippen LogP contribution in [0.3, 0.4) is 0 Å². The highest BCUT2D eigenvalue weighted by molar-refractivity contribution is 8.18. The smallest absolute Gasteiger partial charge is 0.294 e. The fourth-order valence-corrected chi connectivity index (χ4v) is 6.02. The van der Waals surface area contributed by atoms with Crippen molar-refractivity contribution >= 4 is 63.8 Å². The Kier molecular flexibility index (Phi) is 9.62. The number of rotatable bonds is 9. The van der Waals surface area contributed by atoms with E-state index in [2.05, 4.69) is 4.90 Å². The van der Waals surface area contributed by atoms with Crippen molar-refractivity contribution < 1.29 is 23.9 Å². The van der Waals surface area contributed by atoms with Crippen LogP contribution in [0.4, 0.5) is 10.5 Å². The molecule has 8 nitrogen and oxygen atoms in total. The van der Waals surface area contributed by atoms with Gasteiger partial charge < -0.3 is 19.3 Å². The Bertz CT molecular complexity index is 1510. The summed E-state index contributed by atoms with van der Waals surface area (Å²) in [4.78, 5) is 44.0. The third-order valence-corrected chi connectivity index (χ3v) is 8.44. The van der Waals surface area contributed by atoms with Crippen molar-refractivity contribution in [1.29, 1.82) is 0 Å². The topological polar surface area (TPSA) is 79.4 Å². The van der Waals surface area contributed by atoms with Gasteiger partial charge in [0, 0.05) is 42.5 Å². The average molecular weight is 627 g/mol. The first-order valence-corrected chi connectivity index (χ1v) is 15.1. The van der Waals surface area contributed by atoms with Crippen LogP contribution in [-0.2, 0) is 16.2 Å². The molecule has 0 saturated carbocycles. The van der Waals surface area contributed by atoms with Gasteiger partial charge in [0.15, 0.2) is 11.5 Å². The molecule has 0 bridgehead atoms. The van der Waals surface area contributed by atoms with E-state index in [9.17, 15) is 14.4 Å². The van der Waals surface area contributed by atoms with E-state index < -0.39 is 11.1 Å². The van der Waals surface area contributed by atoms with Gasteiger partial charge in [-0.1, -0.05) is 59.6 Å². The molecule has 3 aromatic carbocycles. The number of para-hydroxylation sites is 1. The quantitative estimate of drug-likeness (QED) is 0.256. The monoisotopic (exact) mass is 625 g/mol. The third kappa shape index (κ3) is 6.86. The highest BCUT2D eigenvalue weighted by atomic mass is 35.5. The molecule has 2 saturated heterocycles. The molecule has 2 aliphatic rings. The van der Waals surface area contributed by atoms with Crippen molar-refractivity contribution in [1.82, 2.24) is 9.80 Å². The lowest BCUT2D eigenvalue weighted by Crippen LogP contribution is -2.51. The van der Waals surface area contributed by atoms with E-state index >= 15 is 0 Å². The number of carbonyl (C=O) groups excluding carboxylic acids is 3. The maximum Gasteiger partial charge on any atom is 0.294 e. The molecule has 0 radical (unpaired) electrons. The van der Waals surface area contributed by atoms with Crippen molar-refractivity contribution in [2.24, 2.45) is 0 Å². The third-order valence-electron chi connectivity index (χ3n) is 6.88. The lowest BCUT2D eigenvalue weighted by atomic mass is 10.1. The van der Waals surface area contributed by atoms with Crippen molar-refractivity contribution in [3.63, 3.8) is 0 Å². The first kappa shape index (κ1) is 29.8. The van der Waals surface area contributed by atoms with E-state index in [1.54, 1.807) is 29.2 Å². The van der Waals surface area contributed by atoms with Crippen LogP contribution < -0.4 is 14.4 Å². The van der Waals surface area contributed by atoms with Crippen LogP contribution in [0.5, 0.6) is 11.5 Å². The predicted molar refractivity (Wildman–Crippen MR) is 166 cm³/mol. The van der Waals surface area contributed by atoms with Gasteiger partial charge in [-0.25, -0.2) is 0 Å². The second-order valence-electron chi connectivity index (χ2n) is 9.61. The number of amides is 3. The number of anilines is 1. The summed E-state index contributed by atoms with van der Waals surface area (Å²) < 4.78 is 11.7. The summed E-state index contributed by atoms with van der Waals surface area (Å²) in [5, 5.41) is 0.369. The molecule has 2 aliphatic heterocycles. The summed E-state index contributed by atoms with van der Waals surface area (Å²) in [6, 6.07) is 20.7. The molecule has 3 amide bonds. The van der Waals surface area contributed by atoms with Crippen LogP contribution in [-0.4, -0.2) is 66.2 Å². The van der Waals surface area contributed by atoms with E-state index in [-0.39, 0.29) is 29.0 Å². The fraction of sp³-hybridized carbons (Fsp3) is 0.258. The lowest BCUT2D eigenvalue weighted by Gasteiger charge is -2.36. The van der Waals surface area contributed by atoms with E-state index in [0.717, 1.165) is 27.9 Å². The minimum Gasteiger partial charge on any atom is -0.490 e. The molecule has 2 fully saturated rings. The number of hydrogen-bond donors (Lipinski definition) is 0. The van der Waals surface area contributed by atoms with Gasteiger partial charge in [0.1, 0.15) is 13.2 Å². The first-order chi connectivity index (χ1) is 20.3. The van der Waals surface area contributed by atoms with E-state index in [4.69, 9.17) is 32.7 Å². The van der Waals surface area contributed by atoms with Gasteiger partial charge in [-0.2, -0.15) is 0 Å². The summed E-state index contributed by atoms with van der Waals surface area (Å²) in [7, 11) is 0. The zero-order chi connectivity index (χ0) is 29.6. The second-order valence-corrected chi connectivity index (χ2v) is 11.4. The zero-order valence-electron chi connectivity index (χ0n) is 22.9. The summed E-state index contributed by atoms with van der Waals surface area (Å²) in [5.41, 5.74) is 2.46. The Balaban J connectivity index is 1.24. The van der Waals surface area contributed by atoms with Crippen LogP contribution in [0.2, 0.25) is 10.0 Å². The van der Waals surface area contributed by atoms with E-state index in [0.29, 0.717) is 54.9 Å². The normalized spacial score (nSPS) is 16.4. The molecule has 42 heavy (non-hydrogen) atoms. The van der Waals surface area contributed by atoms with Gasteiger partial charge >= 0.3 is 0 Å². The van der Waals surface area contributed by atoms with Gasteiger partial charge in [-0.3, -0.25) is 19.3 Å². The summed E-state index contributed by atoms with van der Waals surface area (Å²) in [6.07, 6.45) is 1.57. The Morgan fingerprint density at radius 3 is 2.36 bits per heavy atom. The molecule has 2 heterocycles. The molecule has 3 aromatic rings. The molecule has 0 aromatic heterocycles. The molecule has 5 rings (SSSR count). The van der Waals surface area contributed by atoms with Gasteiger partial charge in [-0.15, -0.1) is 0 Å². The predicted octanol–water partition coefficient (Wildman–Crippen LogP) is 6.36. The van der Waals surface area contributed by atoms with Gasteiger partial charge in [0.25, 0.3) is 11.1 Å². The van der Waals surface area contributed by atoms with Crippen molar-refractivity contribution in [3.05, 3.63) is 92.8 Å². The Morgan fingerprint density at radius 2 is 1.64 bits per heavy atom. The highest BCUT2D eigenvalue weighted by Crippen LogP contribution is 2.40. The second kappa shape index (κ2) is 13.5. The van der Waals surface area contributed by atoms with Gasteiger partial charge in [0.2, 0.25) is 5.91 Å². The maximum atomic E-state index is 13.2. The van der Waals surface area contributed by atoms with Crippen LogP contribution in [0, 0.1) is 0 Å². The summed E-state index contributed by atoms with van der Waals surface area (Å²) in [6.45, 7) is 4.48. The molecule has 0 atom stereocenters. The largest absolute Gasteiger partial charge is 0.490 e. The molecular formula is C31H29Cl2N3O5S. The van der Waals surface area contributed by atoms with Crippen molar-refractivity contribution in [3.8, 4) is 11.5 Å². The van der Waals surface area contributed by atoms with Crippen LogP contribution in [0.25, 0.3) is 6.08 Å². The summed E-state index contributed by atoms with van der Waals surface area (Å²) >= 11 is 13.6. The lowest BCUT2D eigenvalue weighted by molar-refractivity contribution is -0.136. The molecule has 0 N–H and O–H groups in total. The molecule has 0 unspecified atom stereocenters. The number of carbonyl (C=O) groups is 3. The zero-order valence-corrected chi connectivity index (χ0v) is 25.3. The molecule has 11 heteroatoms. The first-order valence-electron chi connectivity index (χ1n) is 13.5. The highest BCUT2D eigenvalue weighted by Gasteiger charge is 2.37. The Labute approximate surface area is 258 Å². The van der Waals surface area contributed by atoms with Crippen LogP contribution >= 0.6 is 35.0 Å². The number of hydrogen-bond acceptors (Lipinski definition) is 7. The van der Waals surface area contributed by atoms with Crippen LogP contribution in [0.15, 0.2) is 71.6 Å². The summed E-state index contributed by atoms with van der Waals surface area (Å²) in [5.74, 6) is -0.0311. The molecular weight excluding hydrogens is 597 g/mol. The van der Waals surface area contributed by atoms with E-state index in [1.807, 2.05) is 55.5 Å². The van der Waals surface area contributed by atoms with Crippen molar-refractivity contribution in [2.45, 2.75) is 13.5 Å². The number of piperazine rings is 1. The van der Waals surface area contributed by atoms with E-state index in [1.165, 1.54) is 0 Å². The molecule has 0 aliphatic carbocycles. The number of halogens is 2. The minimum absolute atomic E-state index is 0.188. The van der Waals surface area contributed by atoms with Crippen LogP contribution in [0.1, 0.15) is 18.1 Å². The number of thioether (sulfide) groups is 1. The van der Waals surface area contributed by atoms with Gasteiger partial charge in [0.05, 0.1) is 16.5 Å². The minimum atomic E-state index is -0.519. The number of nitrogens with zero attached hydrogens (tertiary/aromatic N) is 3. The van der Waals surface area contributed by atoms with Crippen molar-refractivity contribution in [2.75, 3.05) is 44.2 Å². The Morgan fingerprint density at radius 1 is 0.929 bits per heavy atom. The molecule has 218 valence electrons. The number of imide groups is 1. The maximum absolute atomic E-state index is 13.2. The standard InChI is InChI=1S/C31H29Cl2N3O5S/c1-2-40-26-17-21(16-25(33)29(26)41-20-22-8-6-7-11-24(22)32)18-27-30(38)36(31(39)42-27)19-28(37)35-14-12-34(13-15-35)23-9-4-3-5-10-23/h3-11,16-18H,2,12-15,19-20H2,1H3/b27-18+. The average Bonchev–Trinajstić information content (AvgIpc) is 3.25.